The van der Waals surface area contributed by atoms with Gasteiger partial charge in [-0.1, -0.05) is 13.3 Å². The van der Waals surface area contributed by atoms with E-state index in [0.29, 0.717) is 19.8 Å². The van der Waals surface area contributed by atoms with Gasteiger partial charge in [-0.25, -0.2) is 0 Å². The van der Waals surface area contributed by atoms with Gasteiger partial charge in [-0.3, -0.25) is 0 Å². The first-order valence-corrected chi connectivity index (χ1v) is 4.28. The van der Waals surface area contributed by atoms with Gasteiger partial charge >= 0.3 is 0 Å². The predicted octanol–water partition coefficient (Wildman–Crippen LogP) is 0.137. The Bertz CT molecular complexity index is 109. The molecule has 0 aliphatic carbocycles. The van der Waals surface area contributed by atoms with Crippen LogP contribution < -0.4 is 5.32 Å². The van der Waals surface area contributed by atoms with Gasteiger partial charge in [-0.05, 0) is 6.42 Å². The maximum absolute atomic E-state index is 9.86. The Morgan fingerprint density at radius 3 is 3.18 bits per heavy atom. The van der Waals surface area contributed by atoms with Crippen molar-refractivity contribution in [3.63, 3.8) is 0 Å². The maximum Gasteiger partial charge on any atom is 0.100 e. The summed E-state index contributed by atoms with van der Waals surface area (Å²) in [7, 11) is 0. The van der Waals surface area contributed by atoms with Crippen LogP contribution in [0.1, 0.15) is 19.8 Å². The molecule has 1 saturated heterocycles. The van der Waals surface area contributed by atoms with E-state index in [1.54, 1.807) is 0 Å². The Morgan fingerprint density at radius 2 is 2.45 bits per heavy atom. The largest absolute Gasteiger partial charge is 0.386 e. The summed E-state index contributed by atoms with van der Waals surface area (Å²) < 4.78 is 5.25. The van der Waals surface area contributed by atoms with E-state index in [1.807, 2.05) is 0 Å². The third kappa shape index (κ3) is 2.77. The van der Waals surface area contributed by atoms with Gasteiger partial charge in [0.05, 0.1) is 13.2 Å². The van der Waals surface area contributed by atoms with Gasteiger partial charge in [0.25, 0.3) is 0 Å². The molecule has 1 atom stereocenters. The second-order valence-electron chi connectivity index (χ2n) is 3.20. The fraction of sp³-hybridized carbons (Fsp3) is 1.00. The third-order valence-corrected chi connectivity index (χ3v) is 1.96. The van der Waals surface area contributed by atoms with Crippen LogP contribution in [0.5, 0.6) is 0 Å². The number of hydrogen-bond donors (Lipinski definition) is 2. The van der Waals surface area contributed by atoms with Gasteiger partial charge in [-0.2, -0.15) is 0 Å². The smallest absolute Gasteiger partial charge is 0.100 e. The fourth-order valence-corrected chi connectivity index (χ4v) is 1.40. The van der Waals surface area contributed by atoms with Gasteiger partial charge in [0.15, 0.2) is 0 Å². The van der Waals surface area contributed by atoms with E-state index < -0.39 is 5.60 Å². The molecular formula is C8H17NO2. The minimum atomic E-state index is -0.620. The monoisotopic (exact) mass is 159 g/mol. The Labute approximate surface area is 67.7 Å². The second kappa shape index (κ2) is 4.04. The summed E-state index contributed by atoms with van der Waals surface area (Å²) in [4.78, 5) is 0. The molecule has 0 aromatic heterocycles. The van der Waals surface area contributed by atoms with Crippen LogP contribution in [0.4, 0.5) is 0 Å². The van der Waals surface area contributed by atoms with Crippen molar-refractivity contribution in [1.29, 1.82) is 0 Å². The average Bonchev–Trinajstić information content (AvgIpc) is 2.15. The first kappa shape index (κ1) is 8.97. The molecule has 3 heteroatoms. The summed E-state index contributed by atoms with van der Waals surface area (Å²) >= 11 is 0. The molecule has 0 bridgehead atoms. The van der Waals surface area contributed by atoms with Crippen molar-refractivity contribution in [2.75, 3.05) is 26.3 Å². The highest BCUT2D eigenvalue weighted by Crippen LogP contribution is 2.13. The summed E-state index contributed by atoms with van der Waals surface area (Å²) in [6.07, 6.45) is 1.82. The molecule has 0 aromatic rings. The number of nitrogens with one attached hydrogen (secondary N) is 1. The fourth-order valence-electron chi connectivity index (χ4n) is 1.40. The van der Waals surface area contributed by atoms with E-state index in [-0.39, 0.29) is 0 Å². The lowest BCUT2D eigenvalue weighted by Crippen LogP contribution is -2.42. The van der Waals surface area contributed by atoms with Gasteiger partial charge < -0.3 is 15.2 Å². The van der Waals surface area contributed by atoms with Crippen LogP contribution in [0.15, 0.2) is 0 Å². The van der Waals surface area contributed by atoms with Crippen molar-refractivity contribution in [3.8, 4) is 0 Å². The highest BCUT2D eigenvalue weighted by Gasteiger charge is 2.27. The maximum atomic E-state index is 9.86. The minimum Gasteiger partial charge on any atom is -0.386 e. The van der Waals surface area contributed by atoms with Gasteiger partial charge in [-0.15, -0.1) is 0 Å². The lowest BCUT2D eigenvalue weighted by atomic mass is 9.99. The molecule has 0 amide bonds. The Kier molecular flexibility index (Phi) is 3.30. The van der Waals surface area contributed by atoms with E-state index in [0.717, 1.165) is 19.4 Å². The SMILES string of the molecule is CCCC1(O)CNCCOC1. The standard InChI is InChI=1S/C8H17NO2/c1-2-3-8(10)6-9-4-5-11-7-8/h9-10H,2-7H2,1H3. The molecule has 0 aromatic carbocycles. The molecule has 1 unspecified atom stereocenters. The predicted molar refractivity (Wildman–Crippen MR) is 43.5 cm³/mol. The van der Waals surface area contributed by atoms with E-state index in [4.69, 9.17) is 4.74 Å². The van der Waals surface area contributed by atoms with Crippen molar-refractivity contribution >= 4 is 0 Å². The zero-order valence-corrected chi connectivity index (χ0v) is 7.10. The van der Waals surface area contributed by atoms with E-state index in [2.05, 4.69) is 12.2 Å². The molecular weight excluding hydrogens is 142 g/mol. The number of rotatable bonds is 2. The van der Waals surface area contributed by atoms with E-state index >= 15 is 0 Å². The van der Waals surface area contributed by atoms with Gasteiger partial charge in [0.2, 0.25) is 0 Å². The highest BCUT2D eigenvalue weighted by molar-refractivity contribution is 4.81. The number of β-amino-alcohol motifs (C(OH)–C–C–N with tert-alkyl or cyclic N) is 1. The van der Waals surface area contributed by atoms with Crippen LogP contribution in [0.2, 0.25) is 0 Å². The van der Waals surface area contributed by atoms with Gasteiger partial charge in [0.1, 0.15) is 5.60 Å². The summed E-state index contributed by atoms with van der Waals surface area (Å²) in [6, 6.07) is 0. The number of aliphatic hydroxyl groups is 1. The Balaban J connectivity index is 2.38. The average molecular weight is 159 g/mol. The van der Waals surface area contributed by atoms with Crippen LogP contribution in [0.25, 0.3) is 0 Å². The Hall–Kier alpha value is -0.120. The topological polar surface area (TPSA) is 41.5 Å². The van der Waals surface area contributed by atoms with Crippen molar-refractivity contribution in [1.82, 2.24) is 5.32 Å². The quantitative estimate of drug-likeness (QED) is 0.602. The van der Waals surface area contributed by atoms with E-state index in [9.17, 15) is 5.11 Å². The molecule has 0 radical (unpaired) electrons. The summed E-state index contributed by atoms with van der Waals surface area (Å²) in [5.41, 5.74) is -0.620. The van der Waals surface area contributed by atoms with Crippen LogP contribution in [0, 0.1) is 0 Å². The van der Waals surface area contributed by atoms with Crippen molar-refractivity contribution < 1.29 is 9.84 Å². The zero-order valence-electron chi connectivity index (χ0n) is 7.10. The van der Waals surface area contributed by atoms with Crippen molar-refractivity contribution in [2.45, 2.75) is 25.4 Å². The van der Waals surface area contributed by atoms with Crippen LogP contribution >= 0.6 is 0 Å². The van der Waals surface area contributed by atoms with E-state index in [1.165, 1.54) is 0 Å². The molecule has 2 N–H and O–H groups in total. The molecule has 0 spiro atoms. The normalized spacial score (nSPS) is 33.3. The Morgan fingerprint density at radius 1 is 1.64 bits per heavy atom. The van der Waals surface area contributed by atoms with Crippen molar-refractivity contribution in [2.24, 2.45) is 0 Å². The van der Waals surface area contributed by atoms with Crippen LogP contribution in [0.3, 0.4) is 0 Å². The minimum absolute atomic E-state index is 0.480. The van der Waals surface area contributed by atoms with Crippen molar-refractivity contribution in [3.05, 3.63) is 0 Å². The lowest BCUT2D eigenvalue weighted by Gasteiger charge is -2.24. The number of ether oxygens (including phenoxy) is 1. The second-order valence-corrected chi connectivity index (χ2v) is 3.20. The molecule has 1 rings (SSSR count). The first-order valence-electron chi connectivity index (χ1n) is 4.28. The summed E-state index contributed by atoms with van der Waals surface area (Å²) in [5, 5.41) is 13.0. The first-order chi connectivity index (χ1) is 5.27. The van der Waals surface area contributed by atoms with Gasteiger partial charge in [0, 0.05) is 13.1 Å². The summed E-state index contributed by atoms with van der Waals surface area (Å²) in [6.45, 7) is 4.79. The molecule has 1 heterocycles. The van der Waals surface area contributed by atoms with Crippen LogP contribution in [-0.4, -0.2) is 37.0 Å². The summed E-state index contributed by atoms with van der Waals surface area (Å²) in [5.74, 6) is 0. The third-order valence-electron chi connectivity index (χ3n) is 1.96. The molecule has 0 saturated carbocycles. The molecule has 1 aliphatic heterocycles. The molecule has 11 heavy (non-hydrogen) atoms. The lowest BCUT2D eigenvalue weighted by molar-refractivity contribution is -0.0335. The van der Waals surface area contributed by atoms with Crippen LogP contribution in [-0.2, 0) is 4.74 Å². The molecule has 1 aliphatic rings. The molecule has 3 nitrogen and oxygen atoms in total. The highest BCUT2D eigenvalue weighted by atomic mass is 16.5. The zero-order chi connectivity index (χ0) is 8.16. The number of hydrogen-bond acceptors (Lipinski definition) is 3. The molecule has 1 fully saturated rings. The molecule has 66 valence electrons.